The van der Waals surface area contributed by atoms with E-state index in [1.807, 2.05) is 19.9 Å². The maximum absolute atomic E-state index is 12.4. The quantitative estimate of drug-likeness (QED) is 0.930. The summed E-state index contributed by atoms with van der Waals surface area (Å²) in [7, 11) is 3.56. The lowest BCUT2D eigenvalue weighted by Crippen LogP contribution is -2.42. The van der Waals surface area contributed by atoms with Gasteiger partial charge in [0, 0.05) is 31.6 Å². The third kappa shape index (κ3) is 3.70. The smallest absolute Gasteiger partial charge is 0.287 e. The van der Waals surface area contributed by atoms with E-state index in [9.17, 15) is 9.59 Å². The Hall–Kier alpha value is -1.78. The molecule has 1 aliphatic rings. The van der Waals surface area contributed by atoms with E-state index in [2.05, 4.69) is 5.32 Å². The Kier molecular flexibility index (Phi) is 5.27. The fraction of sp³-hybridized carbons (Fsp3) is 0.647. The first kappa shape index (κ1) is 16.6. The van der Waals surface area contributed by atoms with Crippen LogP contribution in [0.5, 0.6) is 0 Å². The van der Waals surface area contributed by atoms with Crippen LogP contribution in [-0.4, -0.2) is 36.9 Å². The Balaban J connectivity index is 1.99. The summed E-state index contributed by atoms with van der Waals surface area (Å²) >= 11 is 0. The minimum atomic E-state index is -0.170. The van der Waals surface area contributed by atoms with Crippen LogP contribution in [0.1, 0.15) is 61.6 Å². The topological polar surface area (TPSA) is 62.6 Å². The van der Waals surface area contributed by atoms with Crippen LogP contribution in [-0.2, 0) is 4.79 Å². The summed E-state index contributed by atoms with van der Waals surface area (Å²) in [5.74, 6) is 0.636. The third-order valence-corrected chi connectivity index (χ3v) is 4.32. The monoisotopic (exact) mass is 306 g/mol. The molecule has 5 heteroatoms. The fourth-order valence-corrected chi connectivity index (χ4v) is 3.12. The predicted octanol–water partition coefficient (Wildman–Crippen LogP) is 2.78. The van der Waals surface area contributed by atoms with Crippen molar-refractivity contribution in [2.24, 2.45) is 5.92 Å². The number of nitrogens with one attached hydrogen (secondary N) is 1. The van der Waals surface area contributed by atoms with Gasteiger partial charge < -0.3 is 14.6 Å². The Morgan fingerprint density at radius 2 is 2.05 bits per heavy atom. The van der Waals surface area contributed by atoms with E-state index in [1.54, 1.807) is 25.3 Å². The summed E-state index contributed by atoms with van der Waals surface area (Å²) in [5, 5.41) is 3.04. The van der Waals surface area contributed by atoms with Gasteiger partial charge in [-0.25, -0.2) is 0 Å². The Labute approximate surface area is 132 Å². The molecule has 1 aromatic heterocycles. The molecule has 1 heterocycles. The predicted molar refractivity (Wildman–Crippen MR) is 84.7 cm³/mol. The maximum Gasteiger partial charge on any atom is 0.287 e. The third-order valence-electron chi connectivity index (χ3n) is 4.32. The zero-order chi connectivity index (χ0) is 16.3. The van der Waals surface area contributed by atoms with Gasteiger partial charge in [0.05, 0.1) is 6.26 Å². The lowest BCUT2D eigenvalue weighted by atomic mass is 9.84. The molecule has 1 aromatic rings. The van der Waals surface area contributed by atoms with E-state index >= 15 is 0 Å². The van der Waals surface area contributed by atoms with Crippen molar-refractivity contribution in [1.29, 1.82) is 0 Å². The number of amides is 2. The first-order valence-electron chi connectivity index (χ1n) is 7.99. The van der Waals surface area contributed by atoms with Crippen LogP contribution < -0.4 is 5.32 Å². The highest BCUT2D eigenvalue weighted by Crippen LogP contribution is 2.26. The van der Waals surface area contributed by atoms with Crippen molar-refractivity contribution >= 4 is 11.8 Å². The molecule has 0 radical (unpaired) electrons. The molecular formula is C17H26N2O3. The molecule has 1 fully saturated rings. The zero-order valence-electron chi connectivity index (χ0n) is 13.9. The van der Waals surface area contributed by atoms with Crippen LogP contribution >= 0.6 is 0 Å². The molecule has 22 heavy (non-hydrogen) atoms. The van der Waals surface area contributed by atoms with Gasteiger partial charge >= 0.3 is 0 Å². The second-order valence-corrected chi connectivity index (χ2v) is 6.63. The van der Waals surface area contributed by atoms with Crippen molar-refractivity contribution in [1.82, 2.24) is 10.2 Å². The van der Waals surface area contributed by atoms with Crippen LogP contribution in [0, 0.1) is 5.92 Å². The van der Waals surface area contributed by atoms with E-state index in [-0.39, 0.29) is 29.7 Å². The molecule has 1 saturated carbocycles. The van der Waals surface area contributed by atoms with E-state index in [1.165, 1.54) is 0 Å². The summed E-state index contributed by atoms with van der Waals surface area (Å²) in [4.78, 5) is 26.1. The van der Waals surface area contributed by atoms with Gasteiger partial charge in [0.15, 0.2) is 5.76 Å². The van der Waals surface area contributed by atoms with E-state index < -0.39 is 0 Å². The Bertz CT molecular complexity index is 534. The van der Waals surface area contributed by atoms with Gasteiger partial charge in [-0.1, -0.05) is 20.3 Å². The summed E-state index contributed by atoms with van der Waals surface area (Å²) < 4.78 is 5.35. The Morgan fingerprint density at radius 3 is 2.68 bits per heavy atom. The van der Waals surface area contributed by atoms with Gasteiger partial charge in [0.2, 0.25) is 5.91 Å². The molecule has 2 amide bonds. The molecule has 0 bridgehead atoms. The summed E-state index contributed by atoms with van der Waals surface area (Å²) in [5.41, 5.74) is 0.925. The molecule has 1 aliphatic carbocycles. The molecule has 0 unspecified atom stereocenters. The van der Waals surface area contributed by atoms with Crippen molar-refractivity contribution in [3.8, 4) is 0 Å². The first-order valence-corrected chi connectivity index (χ1v) is 7.99. The highest BCUT2D eigenvalue weighted by molar-refractivity contribution is 5.93. The van der Waals surface area contributed by atoms with Gasteiger partial charge in [0.1, 0.15) is 0 Å². The molecule has 0 spiro atoms. The highest BCUT2D eigenvalue weighted by Gasteiger charge is 2.30. The van der Waals surface area contributed by atoms with Gasteiger partial charge in [-0.05, 0) is 31.2 Å². The van der Waals surface area contributed by atoms with Crippen LogP contribution in [0.4, 0.5) is 0 Å². The summed E-state index contributed by atoms with van der Waals surface area (Å²) in [6.45, 7) is 4.07. The number of hydrogen-bond donors (Lipinski definition) is 1. The second-order valence-electron chi connectivity index (χ2n) is 6.63. The maximum atomic E-state index is 12.4. The molecule has 0 saturated heterocycles. The number of furan rings is 1. The van der Waals surface area contributed by atoms with Crippen LogP contribution in [0.15, 0.2) is 16.7 Å². The number of hydrogen-bond acceptors (Lipinski definition) is 3. The van der Waals surface area contributed by atoms with E-state index in [4.69, 9.17) is 4.42 Å². The molecular weight excluding hydrogens is 280 g/mol. The molecule has 5 nitrogen and oxygen atoms in total. The molecule has 1 N–H and O–H groups in total. The highest BCUT2D eigenvalue weighted by atomic mass is 16.3. The minimum Gasteiger partial charge on any atom is -0.459 e. The van der Waals surface area contributed by atoms with E-state index in [0.717, 1.165) is 24.8 Å². The van der Waals surface area contributed by atoms with Gasteiger partial charge in [-0.15, -0.1) is 0 Å². The van der Waals surface area contributed by atoms with Crippen LogP contribution in [0.25, 0.3) is 0 Å². The summed E-state index contributed by atoms with van der Waals surface area (Å²) in [6, 6.07) is 1.89. The molecule has 2 rings (SSSR count). The average molecular weight is 306 g/mol. The number of rotatable bonds is 4. The molecule has 2 atom stereocenters. The molecule has 0 aromatic carbocycles. The standard InChI is InChI=1S/C17H26N2O3/c1-11(2)14-8-9-22-15(14)16(20)18-13-7-5-6-12(10-13)17(21)19(3)4/h8-9,11-13H,5-7,10H2,1-4H3,(H,18,20)/t12-,13-/m0/s1. The number of carbonyl (C=O) groups excluding carboxylic acids is 2. The van der Waals surface area contributed by atoms with E-state index in [0.29, 0.717) is 12.2 Å². The Morgan fingerprint density at radius 1 is 1.32 bits per heavy atom. The minimum absolute atomic E-state index is 0.00946. The van der Waals surface area contributed by atoms with Crippen molar-refractivity contribution < 1.29 is 14.0 Å². The van der Waals surface area contributed by atoms with Crippen molar-refractivity contribution in [3.05, 3.63) is 23.7 Å². The number of carbonyl (C=O) groups is 2. The largest absolute Gasteiger partial charge is 0.459 e. The van der Waals surface area contributed by atoms with Crippen molar-refractivity contribution in [2.45, 2.75) is 51.5 Å². The van der Waals surface area contributed by atoms with Gasteiger partial charge in [-0.3, -0.25) is 9.59 Å². The number of nitrogens with zero attached hydrogens (tertiary/aromatic N) is 1. The normalized spacial score (nSPS) is 21.7. The van der Waals surface area contributed by atoms with Gasteiger partial charge in [-0.2, -0.15) is 0 Å². The van der Waals surface area contributed by atoms with Crippen LogP contribution in [0.2, 0.25) is 0 Å². The van der Waals surface area contributed by atoms with Crippen molar-refractivity contribution in [3.63, 3.8) is 0 Å². The van der Waals surface area contributed by atoms with Crippen LogP contribution in [0.3, 0.4) is 0 Å². The second kappa shape index (κ2) is 6.99. The molecule has 122 valence electrons. The lowest BCUT2D eigenvalue weighted by molar-refractivity contribution is -0.134. The molecule has 0 aliphatic heterocycles. The zero-order valence-corrected chi connectivity index (χ0v) is 13.9. The fourth-order valence-electron chi connectivity index (χ4n) is 3.12. The summed E-state index contributed by atoms with van der Waals surface area (Å²) in [6.07, 6.45) is 5.05. The van der Waals surface area contributed by atoms with Gasteiger partial charge in [0.25, 0.3) is 5.91 Å². The van der Waals surface area contributed by atoms with Crippen molar-refractivity contribution in [2.75, 3.05) is 14.1 Å². The SMILES string of the molecule is CC(C)c1ccoc1C(=O)N[C@H]1CCC[C@H](C(=O)N(C)C)C1. The first-order chi connectivity index (χ1) is 10.4. The lowest BCUT2D eigenvalue weighted by Gasteiger charge is -2.30. The average Bonchev–Trinajstić information content (AvgIpc) is 2.96.